The van der Waals surface area contributed by atoms with E-state index < -0.39 is 6.10 Å². The number of aliphatic hydroxyl groups excluding tert-OH is 1. The molecular formula is C16H23N3O. The average Bonchev–Trinajstić information content (AvgIpc) is 2.49. The second-order valence-corrected chi connectivity index (χ2v) is 5.55. The second-order valence-electron chi connectivity index (χ2n) is 5.55. The maximum atomic E-state index is 10.3. The molecule has 1 saturated heterocycles. The molecule has 0 spiro atoms. The topological polar surface area (TPSA) is 50.5 Å². The van der Waals surface area contributed by atoms with Crippen molar-refractivity contribution in [1.29, 1.82) is 5.26 Å². The predicted molar refractivity (Wildman–Crippen MR) is 79.3 cm³/mol. The van der Waals surface area contributed by atoms with Gasteiger partial charge in [0.2, 0.25) is 0 Å². The Morgan fingerprint density at radius 3 is 2.65 bits per heavy atom. The van der Waals surface area contributed by atoms with Crippen LogP contribution in [0.4, 0.5) is 0 Å². The number of nitriles is 1. The van der Waals surface area contributed by atoms with E-state index in [1.807, 2.05) is 12.1 Å². The molecular weight excluding hydrogens is 250 g/mol. The molecule has 1 N–H and O–H groups in total. The van der Waals surface area contributed by atoms with Gasteiger partial charge in [-0.25, -0.2) is 0 Å². The molecule has 0 aliphatic carbocycles. The number of hydrogen-bond acceptors (Lipinski definition) is 4. The van der Waals surface area contributed by atoms with E-state index in [-0.39, 0.29) is 0 Å². The summed E-state index contributed by atoms with van der Waals surface area (Å²) in [6.07, 6.45) is 0.656. The van der Waals surface area contributed by atoms with Crippen LogP contribution in [0.1, 0.15) is 30.6 Å². The smallest absolute Gasteiger partial charge is 0.0991 e. The van der Waals surface area contributed by atoms with Gasteiger partial charge in [0.15, 0.2) is 0 Å². The molecule has 2 unspecified atom stereocenters. The molecule has 1 fully saturated rings. The highest BCUT2D eigenvalue weighted by molar-refractivity contribution is 5.32. The van der Waals surface area contributed by atoms with Gasteiger partial charge in [-0.1, -0.05) is 19.1 Å². The van der Waals surface area contributed by atoms with E-state index in [1.165, 1.54) is 0 Å². The Bertz CT molecular complexity index is 466. The van der Waals surface area contributed by atoms with Gasteiger partial charge in [0, 0.05) is 32.2 Å². The number of benzene rings is 1. The maximum Gasteiger partial charge on any atom is 0.0991 e. The lowest BCUT2D eigenvalue weighted by molar-refractivity contribution is 0.0502. The van der Waals surface area contributed by atoms with E-state index >= 15 is 0 Å². The standard InChI is InChI=1S/C16H23N3O/c1-3-15-11-19(9-8-18(15)2)12-16(20)14-6-4-13(10-17)5-7-14/h4-7,15-16,20H,3,8-9,11-12H2,1-2H3. The second kappa shape index (κ2) is 6.85. The maximum absolute atomic E-state index is 10.3. The van der Waals surface area contributed by atoms with E-state index in [2.05, 4.69) is 29.8 Å². The molecule has 0 amide bonds. The third-order valence-corrected chi connectivity index (χ3v) is 4.19. The molecule has 1 aromatic carbocycles. The first kappa shape index (κ1) is 15.0. The highest BCUT2D eigenvalue weighted by atomic mass is 16.3. The summed E-state index contributed by atoms with van der Waals surface area (Å²) in [5.41, 5.74) is 1.52. The zero-order chi connectivity index (χ0) is 14.5. The van der Waals surface area contributed by atoms with E-state index in [4.69, 9.17) is 5.26 Å². The Balaban J connectivity index is 1.93. The third-order valence-electron chi connectivity index (χ3n) is 4.19. The molecule has 0 aromatic heterocycles. The van der Waals surface area contributed by atoms with Crippen molar-refractivity contribution >= 4 is 0 Å². The predicted octanol–water partition coefficient (Wildman–Crippen LogP) is 1.62. The van der Waals surface area contributed by atoms with Gasteiger partial charge in [-0.2, -0.15) is 5.26 Å². The molecule has 1 aliphatic rings. The molecule has 1 aromatic rings. The van der Waals surface area contributed by atoms with Gasteiger partial charge in [-0.15, -0.1) is 0 Å². The minimum absolute atomic E-state index is 0.483. The van der Waals surface area contributed by atoms with Crippen molar-refractivity contribution in [3.63, 3.8) is 0 Å². The van der Waals surface area contributed by atoms with Gasteiger partial charge in [-0.3, -0.25) is 4.90 Å². The lowest BCUT2D eigenvalue weighted by atomic mass is 10.1. The van der Waals surface area contributed by atoms with E-state index in [0.29, 0.717) is 18.2 Å². The molecule has 1 heterocycles. The van der Waals surface area contributed by atoms with Crippen molar-refractivity contribution < 1.29 is 5.11 Å². The first-order valence-corrected chi connectivity index (χ1v) is 7.24. The number of likely N-dealkylation sites (N-methyl/N-ethyl adjacent to an activating group) is 1. The van der Waals surface area contributed by atoms with E-state index in [0.717, 1.165) is 31.6 Å². The summed E-state index contributed by atoms with van der Waals surface area (Å²) in [6.45, 7) is 5.94. The fourth-order valence-corrected chi connectivity index (χ4v) is 2.75. The first-order valence-electron chi connectivity index (χ1n) is 7.24. The normalized spacial score (nSPS) is 22.4. The number of hydrogen-bond donors (Lipinski definition) is 1. The Kier molecular flexibility index (Phi) is 5.13. The van der Waals surface area contributed by atoms with Gasteiger partial charge in [0.1, 0.15) is 0 Å². The highest BCUT2D eigenvalue weighted by Crippen LogP contribution is 2.18. The zero-order valence-electron chi connectivity index (χ0n) is 12.3. The fourth-order valence-electron chi connectivity index (χ4n) is 2.75. The van der Waals surface area contributed by atoms with Gasteiger partial charge < -0.3 is 10.0 Å². The Morgan fingerprint density at radius 1 is 1.35 bits per heavy atom. The van der Waals surface area contributed by atoms with Crippen LogP contribution in [0.2, 0.25) is 0 Å². The van der Waals surface area contributed by atoms with Crippen LogP contribution in [0.3, 0.4) is 0 Å². The average molecular weight is 273 g/mol. The van der Waals surface area contributed by atoms with Crippen LogP contribution in [-0.2, 0) is 0 Å². The number of nitrogens with zero attached hydrogens (tertiary/aromatic N) is 3. The molecule has 2 rings (SSSR count). The summed E-state index contributed by atoms with van der Waals surface area (Å²) >= 11 is 0. The SMILES string of the molecule is CCC1CN(CC(O)c2ccc(C#N)cc2)CCN1C. The summed E-state index contributed by atoms with van der Waals surface area (Å²) in [6, 6.07) is 9.89. The summed E-state index contributed by atoms with van der Waals surface area (Å²) < 4.78 is 0. The number of β-amino-alcohol motifs (C(OH)–C–C–N with tert-alkyl or cyclic N) is 1. The Labute approximate surface area is 121 Å². The minimum atomic E-state index is -0.483. The van der Waals surface area contributed by atoms with Crippen LogP contribution in [0.5, 0.6) is 0 Å². The Morgan fingerprint density at radius 2 is 2.05 bits per heavy atom. The first-order chi connectivity index (χ1) is 9.63. The molecule has 0 bridgehead atoms. The molecule has 0 radical (unpaired) electrons. The van der Waals surface area contributed by atoms with Gasteiger partial charge in [0.25, 0.3) is 0 Å². The van der Waals surface area contributed by atoms with Crippen molar-refractivity contribution in [2.24, 2.45) is 0 Å². The number of rotatable bonds is 4. The lowest BCUT2D eigenvalue weighted by Crippen LogP contribution is -2.51. The van der Waals surface area contributed by atoms with Crippen LogP contribution in [0, 0.1) is 11.3 Å². The van der Waals surface area contributed by atoms with Crippen molar-refractivity contribution in [3.05, 3.63) is 35.4 Å². The van der Waals surface area contributed by atoms with Crippen LogP contribution >= 0.6 is 0 Å². The summed E-state index contributed by atoms with van der Waals surface area (Å²) in [5, 5.41) is 19.1. The van der Waals surface area contributed by atoms with E-state index in [1.54, 1.807) is 12.1 Å². The largest absolute Gasteiger partial charge is 0.387 e. The molecule has 4 heteroatoms. The van der Waals surface area contributed by atoms with Crippen LogP contribution in [0.25, 0.3) is 0 Å². The molecule has 20 heavy (non-hydrogen) atoms. The van der Waals surface area contributed by atoms with Crippen molar-refractivity contribution in [3.8, 4) is 6.07 Å². The number of piperazine rings is 1. The molecule has 2 atom stereocenters. The van der Waals surface area contributed by atoms with E-state index in [9.17, 15) is 5.11 Å². The molecule has 4 nitrogen and oxygen atoms in total. The van der Waals surface area contributed by atoms with Crippen molar-refractivity contribution in [2.75, 3.05) is 33.2 Å². The Hall–Kier alpha value is -1.41. The van der Waals surface area contributed by atoms with Crippen LogP contribution in [0.15, 0.2) is 24.3 Å². The summed E-state index contributed by atoms with van der Waals surface area (Å²) in [5.74, 6) is 0. The quantitative estimate of drug-likeness (QED) is 0.905. The molecule has 108 valence electrons. The van der Waals surface area contributed by atoms with Gasteiger partial charge >= 0.3 is 0 Å². The van der Waals surface area contributed by atoms with Gasteiger partial charge in [-0.05, 0) is 31.2 Å². The third kappa shape index (κ3) is 3.57. The molecule has 0 saturated carbocycles. The van der Waals surface area contributed by atoms with Crippen LogP contribution < -0.4 is 0 Å². The highest BCUT2D eigenvalue weighted by Gasteiger charge is 2.24. The van der Waals surface area contributed by atoms with Crippen LogP contribution in [-0.4, -0.2) is 54.2 Å². The zero-order valence-corrected chi connectivity index (χ0v) is 12.3. The van der Waals surface area contributed by atoms with Gasteiger partial charge in [0.05, 0.1) is 17.7 Å². The summed E-state index contributed by atoms with van der Waals surface area (Å²) in [4.78, 5) is 4.72. The van der Waals surface area contributed by atoms with Crippen molar-refractivity contribution in [1.82, 2.24) is 9.80 Å². The fraction of sp³-hybridized carbons (Fsp3) is 0.562. The summed E-state index contributed by atoms with van der Waals surface area (Å²) in [7, 11) is 2.17. The minimum Gasteiger partial charge on any atom is -0.387 e. The monoisotopic (exact) mass is 273 g/mol. The lowest BCUT2D eigenvalue weighted by Gasteiger charge is -2.39. The number of aliphatic hydroxyl groups is 1. The molecule has 1 aliphatic heterocycles. The van der Waals surface area contributed by atoms with Crippen molar-refractivity contribution in [2.45, 2.75) is 25.5 Å².